The van der Waals surface area contributed by atoms with Crippen molar-refractivity contribution in [3.8, 4) is 0 Å². The first-order valence-corrected chi connectivity index (χ1v) is 10.3. The Labute approximate surface area is 140 Å². The van der Waals surface area contributed by atoms with Gasteiger partial charge in [-0.05, 0) is 59.5 Å². The molecule has 1 aromatic heterocycles. The summed E-state index contributed by atoms with van der Waals surface area (Å²) < 4.78 is 23.7. The van der Waals surface area contributed by atoms with Crippen molar-refractivity contribution in [1.29, 1.82) is 0 Å². The molecule has 23 heavy (non-hydrogen) atoms. The zero-order valence-electron chi connectivity index (χ0n) is 12.9. The number of rotatable bonds is 4. The molecular weight excluding hydrogens is 330 g/mol. The Hall–Kier alpha value is -1.66. The molecule has 1 amide bonds. The lowest BCUT2D eigenvalue weighted by molar-refractivity contribution is 0.0736. The van der Waals surface area contributed by atoms with Crippen molar-refractivity contribution in [2.24, 2.45) is 0 Å². The van der Waals surface area contributed by atoms with Crippen LogP contribution in [0.25, 0.3) is 0 Å². The summed E-state index contributed by atoms with van der Waals surface area (Å²) in [5.41, 5.74) is 1.73. The second-order valence-corrected chi connectivity index (χ2v) is 8.70. The first-order valence-electron chi connectivity index (χ1n) is 7.69. The van der Waals surface area contributed by atoms with Crippen LogP contribution < -0.4 is 0 Å². The Kier molecular flexibility index (Phi) is 4.55. The first-order chi connectivity index (χ1) is 11.0. The smallest absolute Gasteiger partial charge is 0.254 e. The SMILES string of the molecule is CCS(=O)(=O)c1ccc(C(=O)N2CCC[C@@H]2c2ccsc2)cc1. The number of thiophene rings is 1. The van der Waals surface area contributed by atoms with Gasteiger partial charge in [-0.3, -0.25) is 4.79 Å². The van der Waals surface area contributed by atoms with Crippen molar-refractivity contribution in [2.45, 2.75) is 30.7 Å². The van der Waals surface area contributed by atoms with Crippen LogP contribution in [0, 0.1) is 0 Å². The summed E-state index contributed by atoms with van der Waals surface area (Å²) in [6.45, 7) is 2.36. The number of carbonyl (C=O) groups is 1. The maximum atomic E-state index is 12.8. The monoisotopic (exact) mass is 349 g/mol. The number of hydrogen-bond donors (Lipinski definition) is 0. The van der Waals surface area contributed by atoms with E-state index in [-0.39, 0.29) is 22.6 Å². The number of carbonyl (C=O) groups excluding carboxylic acids is 1. The van der Waals surface area contributed by atoms with Crippen LogP contribution in [0.1, 0.15) is 41.7 Å². The third-order valence-corrected chi connectivity index (χ3v) is 6.73. The summed E-state index contributed by atoms with van der Waals surface area (Å²) in [5.74, 6) is 0.0336. The van der Waals surface area contributed by atoms with Crippen molar-refractivity contribution in [3.05, 3.63) is 52.2 Å². The van der Waals surface area contributed by atoms with Gasteiger partial charge >= 0.3 is 0 Å². The number of hydrogen-bond acceptors (Lipinski definition) is 4. The summed E-state index contributed by atoms with van der Waals surface area (Å²) in [7, 11) is -3.23. The van der Waals surface area contributed by atoms with Gasteiger partial charge in [0.25, 0.3) is 5.91 Å². The van der Waals surface area contributed by atoms with E-state index in [1.54, 1.807) is 30.4 Å². The molecule has 122 valence electrons. The molecule has 1 atom stereocenters. The highest BCUT2D eigenvalue weighted by molar-refractivity contribution is 7.91. The molecule has 0 N–H and O–H groups in total. The van der Waals surface area contributed by atoms with E-state index < -0.39 is 9.84 Å². The lowest BCUT2D eigenvalue weighted by Crippen LogP contribution is -2.30. The molecule has 1 aromatic carbocycles. The summed E-state index contributed by atoms with van der Waals surface area (Å²) >= 11 is 1.64. The molecule has 2 heterocycles. The normalized spacial score (nSPS) is 18.3. The van der Waals surface area contributed by atoms with E-state index in [0.29, 0.717) is 5.56 Å². The molecule has 0 bridgehead atoms. The minimum Gasteiger partial charge on any atom is -0.332 e. The van der Waals surface area contributed by atoms with Crippen molar-refractivity contribution < 1.29 is 13.2 Å². The van der Waals surface area contributed by atoms with Gasteiger partial charge in [0.15, 0.2) is 9.84 Å². The molecule has 6 heteroatoms. The van der Waals surface area contributed by atoms with Crippen LogP contribution in [0.5, 0.6) is 0 Å². The van der Waals surface area contributed by atoms with E-state index in [9.17, 15) is 13.2 Å². The van der Waals surface area contributed by atoms with Gasteiger partial charge in [-0.2, -0.15) is 11.3 Å². The number of benzene rings is 1. The molecular formula is C17H19NO3S2. The number of likely N-dealkylation sites (tertiary alicyclic amines) is 1. The third-order valence-electron chi connectivity index (χ3n) is 4.28. The van der Waals surface area contributed by atoms with Crippen LogP contribution in [0.4, 0.5) is 0 Å². The summed E-state index contributed by atoms with van der Waals surface area (Å²) in [5, 5.41) is 4.12. The summed E-state index contributed by atoms with van der Waals surface area (Å²) in [6, 6.07) is 8.50. The number of nitrogens with zero attached hydrogens (tertiary/aromatic N) is 1. The van der Waals surface area contributed by atoms with Crippen LogP contribution in [0.3, 0.4) is 0 Å². The highest BCUT2D eigenvalue weighted by atomic mass is 32.2. The molecule has 1 aliphatic heterocycles. The Morgan fingerprint density at radius 3 is 2.61 bits per heavy atom. The molecule has 0 aliphatic carbocycles. The Morgan fingerprint density at radius 1 is 1.26 bits per heavy atom. The van der Waals surface area contributed by atoms with Crippen LogP contribution in [0.15, 0.2) is 46.0 Å². The van der Waals surface area contributed by atoms with E-state index in [1.807, 2.05) is 10.3 Å². The van der Waals surface area contributed by atoms with E-state index in [4.69, 9.17) is 0 Å². The molecule has 1 fully saturated rings. The van der Waals surface area contributed by atoms with Crippen molar-refractivity contribution in [3.63, 3.8) is 0 Å². The quantitative estimate of drug-likeness (QED) is 0.849. The van der Waals surface area contributed by atoms with Gasteiger partial charge < -0.3 is 4.90 Å². The fourth-order valence-electron chi connectivity index (χ4n) is 2.96. The van der Waals surface area contributed by atoms with E-state index >= 15 is 0 Å². The van der Waals surface area contributed by atoms with Crippen LogP contribution in [0.2, 0.25) is 0 Å². The summed E-state index contributed by atoms with van der Waals surface area (Å²) in [6.07, 6.45) is 1.97. The molecule has 0 spiro atoms. The molecule has 0 unspecified atom stereocenters. The van der Waals surface area contributed by atoms with Crippen LogP contribution >= 0.6 is 11.3 Å². The number of amides is 1. The standard InChI is InChI=1S/C17H19NO3S2/c1-2-23(20,21)15-7-5-13(6-8-15)17(19)18-10-3-4-16(18)14-9-11-22-12-14/h5-9,11-12,16H,2-4,10H2,1H3/t16-/m1/s1. The van der Waals surface area contributed by atoms with E-state index in [0.717, 1.165) is 19.4 Å². The predicted octanol–water partition coefficient (Wildman–Crippen LogP) is 3.52. The van der Waals surface area contributed by atoms with E-state index in [1.165, 1.54) is 17.7 Å². The molecule has 3 rings (SSSR count). The largest absolute Gasteiger partial charge is 0.332 e. The first kappa shape index (κ1) is 16.2. The zero-order chi connectivity index (χ0) is 16.4. The Balaban J connectivity index is 1.83. The average molecular weight is 349 g/mol. The van der Waals surface area contributed by atoms with Gasteiger partial charge in [-0.1, -0.05) is 6.92 Å². The molecule has 1 saturated heterocycles. The molecule has 1 aliphatic rings. The molecule has 2 aromatic rings. The predicted molar refractivity (Wildman–Crippen MR) is 91.5 cm³/mol. The molecule has 4 nitrogen and oxygen atoms in total. The highest BCUT2D eigenvalue weighted by Gasteiger charge is 2.30. The zero-order valence-corrected chi connectivity index (χ0v) is 14.6. The van der Waals surface area contributed by atoms with Gasteiger partial charge in [-0.15, -0.1) is 0 Å². The molecule has 0 saturated carbocycles. The summed E-state index contributed by atoms with van der Waals surface area (Å²) in [4.78, 5) is 14.9. The second-order valence-electron chi connectivity index (χ2n) is 5.64. The van der Waals surface area contributed by atoms with Crippen molar-refractivity contribution in [1.82, 2.24) is 4.90 Å². The van der Waals surface area contributed by atoms with Gasteiger partial charge in [0.05, 0.1) is 16.7 Å². The number of sulfone groups is 1. The van der Waals surface area contributed by atoms with Crippen molar-refractivity contribution in [2.75, 3.05) is 12.3 Å². The van der Waals surface area contributed by atoms with E-state index in [2.05, 4.69) is 11.4 Å². The topological polar surface area (TPSA) is 54.5 Å². The van der Waals surface area contributed by atoms with Gasteiger partial charge in [-0.25, -0.2) is 8.42 Å². The van der Waals surface area contributed by atoms with Crippen LogP contribution in [-0.2, 0) is 9.84 Å². The second kappa shape index (κ2) is 6.45. The minimum absolute atomic E-state index is 0.0286. The fraction of sp³-hybridized carbons (Fsp3) is 0.353. The van der Waals surface area contributed by atoms with Gasteiger partial charge in [0, 0.05) is 12.1 Å². The maximum absolute atomic E-state index is 12.8. The Bertz CT molecular complexity index is 780. The molecule has 0 radical (unpaired) electrons. The third kappa shape index (κ3) is 3.19. The van der Waals surface area contributed by atoms with Crippen molar-refractivity contribution >= 4 is 27.1 Å². The maximum Gasteiger partial charge on any atom is 0.254 e. The fourth-order valence-corrected chi connectivity index (χ4v) is 4.55. The average Bonchev–Trinajstić information content (AvgIpc) is 3.25. The Morgan fingerprint density at radius 2 is 2.00 bits per heavy atom. The van der Waals surface area contributed by atoms with Crippen LogP contribution in [-0.4, -0.2) is 31.5 Å². The minimum atomic E-state index is -3.23. The lowest BCUT2D eigenvalue weighted by atomic mass is 10.1. The lowest BCUT2D eigenvalue weighted by Gasteiger charge is -2.24. The van der Waals surface area contributed by atoms with Gasteiger partial charge in [0.2, 0.25) is 0 Å². The highest BCUT2D eigenvalue weighted by Crippen LogP contribution is 2.34. The van der Waals surface area contributed by atoms with Gasteiger partial charge in [0.1, 0.15) is 0 Å².